The molecule has 46 valence electrons. The van der Waals surface area contributed by atoms with Crippen molar-refractivity contribution in [3.8, 4) is 0 Å². The first-order valence-electron chi connectivity index (χ1n) is 3.19. The molecule has 2 fully saturated rings. The molecule has 2 saturated heterocycles. The third kappa shape index (κ3) is 0.501. The summed E-state index contributed by atoms with van der Waals surface area (Å²) in [5.41, 5.74) is 0. The number of fused-ring (bicyclic) bond motifs is 1. The predicted octanol–water partition coefficient (Wildman–Crippen LogP) is 0.0893. The molecular weight excluding hydrogens is 102 g/mol. The van der Waals surface area contributed by atoms with Crippen LogP contribution in [-0.2, 0) is 4.74 Å². The number of nitrogens with zero attached hydrogens (tertiary/aromatic N) is 1. The molecule has 2 rings (SSSR count). The van der Waals surface area contributed by atoms with Crippen LogP contribution >= 0.6 is 0 Å². The van der Waals surface area contributed by atoms with E-state index in [9.17, 15) is 0 Å². The molecule has 2 aliphatic rings. The van der Waals surface area contributed by atoms with Gasteiger partial charge in [0.05, 0.1) is 6.61 Å². The van der Waals surface area contributed by atoms with E-state index >= 15 is 0 Å². The van der Waals surface area contributed by atoms with E-state index in [2.05, 4.69) is 11.9 Å². The first-order valence-corrected chi connectivity index (χ1v) is 3.19. The Hall–Kier alpha value is -0.0800. The fourth-order valence-electron chi connectivity index (χ4n) is 1.51. The minimum absolute atomic E-state index is 0.781. The van der Waals surface area contributed by atoms with Crippen LogP contribution in [-0.4, -0.2) is 37.2 Å². The van der Waals surface area contributed by atoms with Crippen LogP contribution in [0.4, 0.5) is 0 Å². The van der Waals surface area contributed by atoms with E-state index in [1.807, 2.05) is 0 Å². The van der Waals surface area contributed by atoms with Crippen molar-refractivity contribution in [1.29, 1.82) is 0 Å². The van der Waals surface area contributed by atoms with E-state index in [4.69, 9.17) is 4.74 Å². The fourth-order valence-corrected chi connectivity index (χ4v) is 1.51. The van der Waals surface area contributed by atoms with E-state index in [1.54, 1.807) is 0 Å². The highest BCUT2D eigenvalue weighted by Crippen LogP contribution is 2.31. The van der Waals surface area contributed by atoms with E-state index in [1.165, 1.54) is 6.42 Å². The molecule has 3 atom stereocenters. The maximum atomic E-state index is 5.25. The summed E-state index contributed by atoms with van der Waals surface area (Å²) < 4.78 is 5.25. The van der Waals surface area contributed by atoms with Crippen molar-refractivity contribution in [3.05, 3.63) is 0 Å². The van der Waals surface area contributed by atoms with E-state index in [0.717, 1.165) is 25.3 Å². The van der Waals surface area contributed by atoms with Gasteiger partial charge in [-0.1, -0.05) is 0 Å². The SMILES string of the molecule is CN1C2CCOCC21. The molecule has 0 spiro atoms. The van der Waals surface area contributed by atoms with Gasteiger partial charge in [-0.2, -0.15) is 0 Å². The van der Waals surface area contributed by atoms with E-state index in [-0.39, 0.29) is 0 Å². The molecule has 0 amide bonds. The smallest absolute Gasteiger partial charge is 0.0637 e. The molecule has 2 nitrogen and oxygen atoms in total. The van der Waals surface area contributed by atoms with Crippen molar-refractivity contribution in [2.45, 2.75) is 18.5 Å². The van der Waals surface area contributed by atoms with Crippen molar-refractivity contribution in [2.75, 3.05) is 20.3 Å². The van der Waals surface area contributed by atoms with Gasteiger partial charge in [0.25, 0.3) is 0 Å². The number of hydrogen-bond donors (Lipinski definition) is 0. The molecule has 0 aromatic heterocycles. The van der Waals surface area contributed by atoms with Crippen LogP contribution < -0.4 is 0 Å². The minimum atomic E-state index is 0.781. The lowest BCUT2D eigenvalue weighted by Crippen LogP contribution is -2.13. The second-order valence-electron chi connectivity index (χ2n) is 2.66. The number of likely N-dealkylation sites (N-methyl/N-ethyl adjacent to an activating group) is 1. The van der Waals surface area contributed by atoms with Crippen LogP contribution in [0.15, 0.2) is 0 Å². The molecule has 2 aliphatic heterocycles. The number of hydrogen-bond acceptors (Lipinski definition) is 2. The van der Waals surface area contributed by atoms with Crippen LogP contribution in [0.5, 0.6) is 0 Å². The Morgan fingerprint density at radius 3 is 2.88 bits per heavy atom. The molecule has 0 bridgehead atoms. The molecule has 0 aromatic carbocycles. The molecule has 2 heteroatoms. The molecule has 0 N–H and O–H groups in total. The summed E-state index contributed by atoms with van der Waals surface area (Å²) in [5, 5.41) is 0. The molecule has 0 aromatic rings. The Bertz CT molecular complexity index is 92.7. The zero-order valence-electron chi connectivity index (χ0n) is 5.13. The van der Waals surface area contributed by atoms with Gasteiger partial charge in [-0.25, -0.2) is 0 Å². The largest absolute Gasteiger partial charge is 0.380 e. The van der Waals surface area contributed by atoms with Gasteiger partial charge >= 0.3 is 0 Å². The zero-order valence-corrected chi connectivity index (χ0v) is 5.13. The van der Waals surface area contributed by atoms with Crippen molar-refractivity contribution in [1.82, 2.24) is 4.90 Å². The summed E-state index contributed by atoms with van der Waals surface area (Å²) in [6.07, 6.45) is 1.25. The Balaban J connectivity index is 1.97. The first-order chi connectivity index (χ1) is 3.89. The lowest BCUT2D eigenvalue weighted by Gasteiger charge is -2.05. The van der Waals surface area contributed by atoms with Gasteiger partial charge in [-0.3, -0.25) is 4.90 Å². The highest BCUT2D eigenvalue weighted by Gasteiger charge is 2.45. The Labute approximate surface area is 49.4 Å². The van der Waals surface area contributed by atoms with Gasteiger partial charge in [-0.15, -0.1) is 0 Å². The monoisotopic (exact) mass is 113 g/mol. The van der Waals surface area contributed by atoms with Crippen LogP contribution in [0.25, 0.3) is 0 Å². The molecule has 0 saturated carbocycles. The minimum Gasteiger partial charge on any atom is -0.380 e. The van der Waals surface area contributed by atoms with Gasteiger partial charge in [-0.05, 0) is 13.5 Å². The standard InChI is InChI=1S/C6H11NO/c1-7-5-2-3-8-4-6(5)7/h5-6H,2-4H2,1H3. The summed E-state index contributed by atoms with van der Waals surface area (Å²) >= 11 is 0. The Morgan fingerprint density at radius 2 is 2.38 bits per heavy atom. The maximum absolute atomic E-state index is 5.25. The second-order valence-corrected chi connectivity index (χ2v) is 2.66. The Kier molecular flexibility index (Phi) is 0.866. The zero-order chi connectivity index (χ0) is 5.56. The first kappa shape index (κ1) is 4.77. The van der Waals surface area contributed by atoms with Crippen molar-refractivity contribution < 1.29 is 4.74 Å². The van der Waals surface area contributed by atoms with Gasteiger partial charge in [0, 0.05) is 18.7 Å². The van der Waals surface area contributed by atoms with E-state index < -0.39 is 0 Å². The van der Waals surface area contributed by atoms with Crippen LogP contribution in [0.1, 0.15) is 6.42 Å². The molecule has 0 radical (unpaired) electrons. The quantitative estimate of drug-likeness (QED) is 0.413. The summed E-state index contributed by atoms with van der Waals surface area (Å²) in [7, 11) is 2.17. The third-order valence-electron chi connectivity index (χ3n) is 2.25. The topological polar surface area (TPSA) is 12.2 Å². The summed E-state index contributed by atoms with van der Waals surface area (Å²) in [6.45, 7) is 1.95. The average molecular weight is 113 g/mol. The fraction of sp³-hybridized carbons (Fsp3) is 1.00. The molecular formula is C6H11NO. The molecule has 2 heterocycles. The number of rotatable bonds is 0. The van der Waals surface area contributed by atoms with Crippen molar-refractivity contribution >= 4 is 0 Å². The molecule has 0 aliphatic carbocycles. The highest BCUT2D eigenvalue weighted by atomic mass is 16.5. The maximum Gasteiger partial charge on any atom is 0.0637 e. The average Bonchev–Trinajstić information content (AvgIpc) is 2.46. The molecule has 8 heavy (non-hydrogen) atoms. The second kappa shape index (κ2) is 1.45. The van der Waals surface area contributed by atoms with Gasteiger partial charge in [0.2, 0.25) is 0 Å². The highest BCUT2D eigenvalue weighted by molar-refractivity contribution is 5.01. The summed E-state index contributed by atoms with van der Waals surface area (Å²) in [5.74, 6) is 0. The van der Waals surface area contributed by atoms with Crippen LogP contribution in [0.2, 0.25) is 0 Å². The summed E-state index contributed by atoms with van der Waals surface area (Å²) in [6, 6.07) is 1.66. The predicted molar refractivity (Wildman–Crippen MR) is 30.8 cm³/mol. The van der Waals surface area contributed by atoms with Crippen LogP contribution in [0, 0.1) is 0 Å². The van der Waals surface area contributed by atoms with Gasteiger partial charge in [0.15, 0.2) is 0 Å². The van der Waals surface area contributed by atoms with Crippen LogP contribution in [0.3, 0.4) is 0 Å². The normalized spacial score (nSPS) is 52.9. The molecule has 3 unspecified atom stereocenters. The van der Waals surface area contributed by atoms with Gasteiger partial charge in [0.1, 0.15) is 0 Å². The van der Waals surface area contributed by atoms with Crippen molar-refractivity contribution in [2.24, 2.45) is 0 Å². The van der Waals surface area contributed by atoms with Gasteiger partial charge < -0.3 is 4.74 Å². The summed E-state index contributed by atoms with van der Waals surface area (Å²) in [4.78, 5) is 2.38. The Morgan fingerprint density at radius 1 is 1.50 bits per heavy atom. The van der Waals surface area contributed by atoms with Crippen molar-refractivity contribution in [3.63, 3.8) is 0 Å². The lowest BCUT2D eigenvalue weighted by molar-refractivity contribution is 0.113. The number of ether oxygens (including phenoxy) is 1. The van der Waals surface area contributed by atoms with E-state index in [0.29, 0.717) is 0 Å². The lowest BCUT2D eigenvalue weighted by atomic mass is 10.2. The third-order valence-corrected chi connectivity index (χ3v) is 2.25.